The van der Waals surface area contributed by atoms with Gasteiger partial charge in [0.1, 0.15) is 0 Å². The van der Waals surface area contributed by atoms with Gasteiger partial charge < -0.3 is 10.6 Å². The standard InChI is InChI=1S/C16H17BrN2O/c1-3-18-14-7-5-4-6-12(14)16(20)19-15-10-11(2)8-9-13(15)17/h4-10,18H,3H2,1-2H3,(H,19,20). The lowest BCUT2D eigenvalue weighted by Gasteiger charge is -2.12. The number of hydrogen-bond donors (Lipinski definition) is 2. The van der Waals surface area contributed by atoms with E-state index < -0.39 is 0 Å². The third kappa shape index (κ3) is 3.39. The number of hydrogen-bond acceptors (Lipinski definition) is 2. The summed E-state index contributed by atoms with van der Waals surface area (Å²) in [5.74, 6) is -0.118. The minimum Gasteiger partial charge on any atom is -0.385 e. The highest BCUT2D eigenvalue weighted by atomic mass is 79.9. The molecule has 0 fully saturated rings. The van der Waals surface area contributed by atoms with E-state index in [-0.39, 0.29) is 5.91 Å². The fourth-order valence-corrected chi connectivity index (χ4v) is 2.30. The molecular formula is C16H17BrN2O. The number of amides is 1. The SMILES string of the molecule is CCNc1ccccc1C(=O)Nc1cc(C)ccc1Br. The van der Waals surface area contributed by atoms with E-state index in [4.69, 9.17) is 0 Å². The number of anilines is 2. The maximum atomic E-state index is 12.4. The minimum absolute atomic E-state index is 0.118. The van der Waals surface area contributed by atoms with Crippen LogP contribution >= 0.6 is 15.9 Å². The maximum Gasteiger partial charge on any atom is 0.257 e. The van der Waals surface area contributed by atoms with E-state index in [1.807, 2.05) is 56.3 Å². The van der Waals surface area contributed by atoms with Crippen molar-refractivity contribution in [1.29, 1.82) is 0 Å². The van der Waals surface area contributed by atoms with Crippen molar-refractivity contribution in [1.82, 2.24) is 0 Å². The van der Waals surface area contributed by atoms with E-state index in [1.165, 1.54) is 0 Å². The van der Waals surface area contributed by atoms with Gasteiger partial charge >= 0.3 is 0 Å². The van der Waals surface area contributed by atoms with Crippen molar-refractivity contribution in [3.63, 3.8) is 0 Å². The second-order valence-electron chi connectivity index (χ2n) is 4.51. The fourth-order valence-electron chi connectivity index (χ4n) is 1.95. The molecule has 104 valence electrons. The number of halogens is 1. The number of aryl methyl sites for hydroxylation is 1. The highest BCUT2D eigenvalue weighted by Gasteiger charge is 2.12. The Labute approximate surface area is 127 Å². The van der Waals surface area contributed by atoms with Crippen LogP contribution < -0.4 is 10.6 Å². The zero-order valence-electron chi connectivity index (χ0n) is 11.5. The molecule has 0 aliphatic heterocycles. The molecule has 0 unspecified atom stereocenters. The zero-order valence-corrected chi connectivity index (χ0v) is 13.1. The summed E-state index contributed by atoms with van der Waals surface area (Å²) >= 11 is 3.45. The molecule has 0 spiro atoms. The van der Waals surface area contributed by atoms with Gasteiger partial charge in [0, 0.05) is 16.7 Å². The van der Waals surface area contributed by atoms with Crippen LogP contribution in [0.25, 0.3) is 0 Å². The molecular weight excluding hydrogens is 316 g/mol. The van der Waals surface area contributed by atoms with Crippen molar-refractivity contribution < 1.29 is 4.79 Å². The van der Waals surface area contributed by atoms with Crippen molar-refractivity contribution in [2.45, 2.75) is 13.8 Å². The molecule has 0 atom stereocenters. The second kappa shape index (κ2) is 6.57. The van der Waals surface area contributed by atoms with Crippen LogP contribution in [0.3, 0.4) is 0 Å². The second-order valence-corrected chi connectivity index (χ2v) is 5.37. The zero-order chi connectivity index (χ0) is 14.5. The molecule has 0 radical (unpaired) electrons. The molecule has 0 heterocycles. The summed E-state index contributed by atoms with van der Waals surface area (Å²) in [5, 5.41) is 6.14. The van der Waals surface area contributed by atoms with Crippen LogP contribution in [0.5, 0.6) is 0 Å². The maximum absolute atomic E-state index is 12.4. The largest absolute Gasteiger partial charge is 0.385 e. The lowest BCUT2D eigenvalue weighted by Crippen LogP contribution is -2.15. The Hall–Kier alpha value is -1.81. The van der Waals surface area contributed by atoms with Gasteiger partial charge in [-0.1, -0.05) is 18.2 Å². The van der Waals surface area contributed by atoms with Crippen molar-refractivity contribution in [3.8, 4) is 0 Å². The van der Waals surface area contributed by atoms with E-state index in [1.54, 1.807) is 0 Å². The molecule has 1 amide bonds. The molecule has 2 aromatic carbocycles. The van der Waals surface area contributed by atoms with E-state index in [2.05, 4.69) is 26.6 Å². The average molecular weight is 333 g/mol. The van der Waals surface area contributed by atoms with Gasteiger partial charge in [-0.3, -0.25) is 4.79 Å². The molecule has 0 bridgehead atoms. The van der Waals surface area contributed by atoms with Crippen LogP contribution in [0.4, 0.5) is 11.4 Å². The highest BCUT2D eigenvalue weighted by molar-refractivity contribution is 9.10. The Bertz CT molecular complexity index is 626. The third-order valence-electron chi connectivity index (χ3n) is 2.91. The Morgan fingerprint density at radius 3 is 2.65 bits per heavy atom. The first-order valence-corrected chi connectivity index (χ1v) is 7.31. The van der Waals surface area contributed by atoms with Crippen LogP contribution in [-0.2, 0) is 0 Å². The first-order valence-electron chi connectivity index (χ1n) is 6.52. The molecule has 2 aromatic rings. The molecule has 3 nitrogen and oxygen atoms in total. The van der Waals surface area contributed by atoms with Crippen molar-refractivity contribution >= 4 is 33.2 Å². The Balaban J connectivity index is 2.26. The molecule has 4 heteroatoms. The van der Waals surface area contributed by atoms with Crippen LogP contribution in [0.15, 0.2) is 46.9 Å². The molecule has 0 aliphatic rings. The predicted octanol–water partition coefficient (Wildman–Crippen LogP) is 4.44. The van der Waals surface area contributed by atoms with E-state index in [0.29, 0.717) is 5.56 Å². The summed E-state index contributed by atoms with van der Waals surface area (Å²) < 4.78 is 0.873. The van der Waals surface area contributed by atoms with Crippen LogP contribution in [0, 0.1) is 6.92 Å². The van der Waals surface area contributed by atoms with Crippen molar-refractivity contribution in [3.05, 3.63) is 58.1 Å². The van der Waals surface area contributed by atoms with E-state index in [9.17, 15) is 4.79 Å². The number of benzene rings is 2. The van der Waals surface area contributed by atoms with Gasteiger partial charge in [-0.05, 0) is 59.6 Å². The summed E-state index contributed by atoms with van der Waals surface area (Å²) in [4.78, 5) is 12.4. The molecule has 0 aromatic heterocycles. The summed E-state index contributed by atoms with van der Waals surface area (Å²) in [7, 11) is 0. The first kappa shape index (κ1) is 14.6. The summed E-state index contributed by atoms with van der Waals surface area (Å²) in [6.45, 7) is 4.78. The number of para-hydroxylation sites is 1. The summed E-state index contributed by atoms with van der Waals surface area (Å²) in [6, 6.07) is 13.4. The smallest absolute Gasteiger partial charge is 0.257 e. The van der Waals surface area contributed by atoms with Gasteiger partial charge in [0.15, 0.2) is 0 Å². The molecule has 0 saturated carbocycles. The normalized spacial score (nSPS) is 10.2. The summed E-state index contributed by atoms with van der Waals surface area (Å²) in [5.41, 5.74) is 3.36. The van der Waals surface area contributed by atoms with Gasteiger partial charge in [0.05, 0.1) is 11.3 Å². The van der Waals surface area contributed by atoms with Crippen LogP contribution in [-0.4, -0.2) is 12.5 Å². The topological polar surface area (TPSA) is 41.1 Å². The summed E-state index contributed by atoms with van der Waals surface area (Å²) in [6.07, 6.45) is 0. The lowest BCUT2D eigenvalue weighted by molar-refractivity contribution is 0.102. The van der Waals surface area contributed by atoms with Crippen molar-refractivity contribution in [2.24, 2.45) is 0 Å². The van der Waals surface area contributed by atoms with E-state index in [0.717, 1.165) is 28.0 Å². The lowest BCUT2D eigenvalue weighted by atomic mass is 10.1. The van der Waals surface area contributed by atoms with Gasteiger partial charge in [-0.15, -0.1) is 0 Å². The monoisotopic (exact) mass is 332 g/mol. The van der Waals surface area contributed by atoms with Crippen molar-refractivity contribution in [2.75, 3.05) is 17.2 Å². The number of rotatable bonds is 4. The van der Waals surface area contributed by atoms with Gasteiger partial charge in [0.25, 0.3) is 5.91 Å². The quantitative estimate of drug-likeness (QED) is 0.868. The average Bonchev–Trinajstić information content (AvgIpc) is 2.44. The van der Waals surface area contributed by atoms with Gasteiger partial charge in [0.2, 0.25) is 0 Å². The first-order chi connectivity index (χ1) is 9.61. The fraction of sp³-hybridized carbons (Fsp3) is 0.188. The molecule has 0 saturated heterocycles. The Kier molecular flexibility index (Phi) is 4.79. The number of carbonyl (C=O) groups excluding carboxylic acids is 1. The highest BCUT2D eigenvalue weighted by Crippen LogP contribution is 2.25. The molecule has 2 rings (SSSR count). The third-order valence-corrected chi connectivity index (χ3v) is 3.60. The Morgan fingerprint density at radius 1 is 1.15 bits per heavy atom. The molecule has 2 N–H and O–H groups in total. The molecule has 20 heavy (non-hydrogen) atoms. The Morgan fingerprint density at radius 2 is 1.90 bits per heavy atom. The van der Waals surface area contributed by atoms with E-state index >= 15 is 0 Å². The molecule has 0 aliphatic carbocycles. The van der Waals surface area contributed by atoms with Gasteiger partial charge in [-0.25, -0.2) is 0 Å². The van der Waals surface area contributed by atoms with Crippen LogP contribution in [0.2, 0.25) is 0 Å². The van der Waals surface area contributed by atoms with Gasteiger partial charge in [-0.2, -0.15) is 0 Å². The number of nitrogens with one attached hydrogen (secondary N) is 2. The predicted molar refractivity (Wildman–Crippen MR) is 87.4 cm³/mol. The minimum atomic E-state index is -0.118. The number of carbonyl (C=O) groups is 1. The van der Waals surface area contributed by atoms with Crippen LogP contribution in [0.1, 0.15) is 22.8 Å².